The third-order valence-corrected chi connectivity index (χ3v) is 7.29. The Hall–Kier alpha value is -2.97. The fourth-order valence-corrected chi connectivity index (χ4v) is 5.85. The molecule has 4 aliphatic rings. The highest BCUT2D eigenvalue weighted by Gasteiger charge is 2.75. The van der Waals surface area contributed by atoms with Crippen molar-refractivity contribution in [2.75, 3.05) is 19.8 Å². The fourth-order valence-electron chi connectivity index (χ4n) is 5.85. The number of hydrogen-bond donors (Lipinski definition) is 1. The Morgan fingerprint density at radius 3 is 2.58 bits per heavy atom. The van der Waals surface area contributed by atoms with Crippen LogP contribution in [0, 0.1) is 11.8 Å². The molecule has 8 heteroatoms. The summed E-state index contributed by atoms with van der Waals surface area (Å²) in [7, 11) is 0. The topological polar surface area (TPSA) is 96.4 Å². The smallest absolute Gasteiger partial charge is 0.313 e. The zero-order valence-corrected chi connectivity index (χ0v) is 18.7. The molecule has 5 rings (SSSR count). The zero-order chi connectivity index (χ0) is 23.4. The maximum Gasteiger partial charge on any atom is 0.313 e. The van der Waals surface area contributed by atoms with Crippen molar-refractivity contribution in [3.8, 4) is 0 Å². The van der Waals surface area contributed by atoms with E-state index in [4.69, 9.17) is 9.47 Å². The maximum atomic E-state index is 14.0. The number of carbonyl (C=O) groups excluding carboxylic acids is 3. The molecule has 1 spiro atoms. The average molecular weight is 453 g/mol. The molecule has 4 heterocycles. The van der Waals surface area contributed by atoms with Gasteiger partial charge < -0.3 is 24.4 Å². The van der Waals surface area contributed by atoms with Gasteiger partial charge in [0.15, 0.2) is 0 Å². The molecule has 0 aliphatic carbocycles. The lowest BCUT2D eigenvalue weighted by Gasteiger charge is -2.39. The summed E-state index contributed by atoms with van der Waals surface area (Å²) in [6, 6.07) is 8.02. The molecule has 2 fully saturated rings. The Bertz CT molecular complexity index is 1040. The Kier molecular flexibility index (Phi) is 5.17. The number of nitrogens with zero attached hydrogens (tertiary/aromatic N) is 2. The van der Waals surface area contributed by atoms with E-state index >= 15 is 0 Å². The second-order valence-corrected chi connectivity index (χ2v) is 9.41. The van der Waals surface area contributed by atoms with E-state index in [0.717, 1.165) is 5.56 Å². The van der Waals surface area contributed by atoms with Crippen LogP contribution in [0.2, 0.25) is 0 Å². The van der Waals surface area contributed by atoms with Gasteiger partial charge in [-0.15, -0.1) is 0 Å². The predicted octanol–water partition coefficient (Wildman–Crippen LogP) is 1.05. The van der Waals surface area contributed by atoms with Crippen LogP contribution >= 0.6 is 0 Å². The van der Waals surface area contributed by atoms with Gasteiger partial charge in [0.05, 0.1) is 24.2 Å². The molecule has 6 atom stereocenters. The molecule has 8 nitrogen and oxygen atoms in total. The van der Waals surface area contributed by atoms with Crippen LogP contribution in [0.4, 0.5) is 0 Å². The molecule has 1 unspecified atom stereocenters. The summed E-state index contributed by atoms with van der Waals surface area (Å²) in [6.45, 7) is 3.98. The SMILES string of the molecule is C[C@H](CO)N1C(=O)[C@@H]2[C@@H]3C(=O)OCC=C[C@]3(C)O[C@@]23C=CCN(Cc2ccccc2)C(=O)C13. The van der Waals surface area contributed by atoms with Gasteiger partial charge in [-0.1, -0.05) is 48.6 Å². The lowest BCUT2D eigenvalue weighted by atomic mass is 9.75. The molecule has 4 aliphatic heterocycles. The molecule has 0 radical (unpaired) electrons. The monoisotopic (exact) mass is 452 g/mol. The van der Waals surface area contributed by atoms with E-state index in [1.165, 1.54) is 4.90 Å². The van der Waals surface area contributed by atoms with E-state index < -0.39 is 41.1 Å². The quantitative estimate of drug-likeness (QED) is 0.542. The van der Waals surface area contributed by atoms with Crippen LogP contribution in [0.3, 0.4) is 0 Å². The summed E-state index contributed by atoms with van der Waals surface area (Å²) < 4.78 is 11.9. The summed E-state index contributed by atoms with van der Waals surface area (Å²) in [6.07, 6.45) is 7.11. The number of fused-ring (bicyclic) bond motifs is 2. The van der Waals surface area contributed by atoms with Crippen LogP contribution in [0.5, 0.6) is 0 Å². The molecule has 2 amide bonds. The number of hydrogen-bond acceptors (Lipinski definition) is 6. The minimum absolute atomic E-state index is 0.113. The number of carbonyl (C=O) groups is 3. The van der Waals surface area contributed by atoms with E-state index in [0.29, 0.717) is 13.1 Å². The third-order valence-electron chi connectivity index (χ3n) is 7.29. The second kappa shape index (κ2) is 7.81. The van der Waals surface area contributed by atoms with Crippen LogP contribution in [0.1, 0.15) is 19.4 Å². The van der Waals surface area contributed by atoms with Gasteiger partial charge in [0.25, 0.3) is 0 Å². The van der Waals surface area contributed by atoms with Crippen molar-refractivity contribution >= 4 is 17.8 Å². The van der Waals surface area contributed by atoms with Crippen LogP contribution in [0.25, 0.3) is 0 Å². The van der Waals surface area contributed by atoms with Crippen molar-refractivity contribution in [3.63, 3.8) is 0 Å². The number of rotatable bonds is 4. The number of benzene rings is 1. The second-order valence-electron chi connectivity index (χ2n) is 9.41. The molecular formula is C25H28N2O6. The van der Waals surface area contributed by atoms with Gasteiger partial charge in [0.2, 0.25) is 11.8 Å². The minimum atomic E-state index is -1.33. The van der Waals surface area contributed by atoms with Gasteiger partial charge in [-0.3, -0.25) is 14.4 Å². The molecule has 0 saturated carbocycles. The lowest BCUT2D eigenvalue weighted by Crippen LogP contribution is -2.58. The molecule has 1 aromatic carbocycles. The fraction of sp³-hybridized carbons (Fsp3) is 0.480. The van der Waals surface area contributed by atoms with Crippen molar-refractivity contribution in [2.24, 2.45) is 11.8 Å². The minimum Gasteiger partial charge on any atom is -0.461 e. The van der Waals surface area contributed by atoms with Crippen LogP contribution in [-0.4, -0.2) is 75.7 Å². The van der Waals surface area contributed by atoms with Crippen molar-refractivity contribution in [2.45, 2.75) is 43.7 Å². The molecule has 174 valence electrons. The number of aliphatic hydroxyl groups excluding tert-OH is 1. The Labute approximate surface area is 192 Å². The third kappa shape index (κ3) is 3.15. The normalized spacial score (nSPS) is 36.1. The van der Waals surface area contributed by atoms with E-state index in [9.17, 15) is 19.5 Å². The van der Waals surface area contributed by atoms with Crippen molar-refractivity contribution in [3.05, 3.63) is 60.2 Å². The molecular weight excluding hydrogens is 424 g/mol. The van der Waals surface area contributed by atoms with Gasteiger partial charge in [0, 0.05) is 13.1 Å². The largest absolute Gasteiger partial charge is 0.461 e. The van der Waals surface area contributed by atoms with Crippen LogP contribution in [-0.2, 0) is 30.4 Å². The maximum absolute atomic E-state index is 14.0. The molecule has 33 heavy (non-hydrogen) atoms. The van der Waals surface area contributed by atoms with Crippen LogP contribution < -0.4 is 0 Å². The zero-order valence-electron chi connectivity index (χ0n) is 18.7. The predicted molar refractivity (Wildman–Crippen MR) is 117 cm³/mol. The van der Waals surface area contributed by atoms with E-state index in [1.54, 1.807) is 37.0 Å². The first-order chi connectivity index (χ1) is 15.8. The van der Waals surface area contributed by atoms with Gasteiger partial charge in [-0.25, -0.2) is 0 Å². The Balaban J connectivity index is 1.61. The Morgan fingerprint density at radius 1 is 1.09 bits per heavy atom. The first-order valence-corrected chi connectivity index (χ1v) is 11.3. The molecule has 0 bridgehead atoms. The number of aliphatic hydroxyl groups is 1. The van der Waals surface area contributed by atoms with Crippen molar-refractivity contribution < 1.29 is 29.0 Å². The van der Waals surface area contributed by atoms with E-state index in [1.807, 2.05) is 36.4 Å². The molecule has 0 aromatic heterocycles. The highest BCUT2D eigenvalue weighted by atomic mass is 16.6. The van der Waals surface area contributed by atoms with Gasteiger partial charge in [0.1, 0.15) is 24.2 Å². The Morgan fingerprint density at radius 2 is 1.85 bits per heavy atom. The summed E-state index contributed by atoms with van der Waals surface area (Å²) in [5, 5.41) is 9.92. The first-order valence-electron chi connectivity index (χ1n) is 11.3. The lowest BCUT2D eigenvalue weighted by molar-refractivity contribution is -0.159. The summed E-state index contributed by atoms with van der Waals surface area (Å²) >= 11 is 0. The highest BCUT2D eigenvalue weighted by Crippen LogP contribution is 2.57. The number of amides is 2. The first kappa shape index (κ1) is 21.9. The summed E-state index contributed by atoms with van der Waals surface area (Å²) in [5.74, 6) is -2.96. The molecule has 2 saturated heterocycles. The molecule has 1 aromatic rings. The average Bonchev–Trinajstić information content (AvgIpc) is 3.08. The van der Waals surface area contributed by atoms with E-state index in [-0.39, 0.29) is 25.0 Å². The standard InChI is InChI=1S/C25H28N2O6/c1-16(15-28)27-20-22(30)26(14-17-8-4-3-5-9-17)12-6-11-25(20)18(21(27)29)19-23(31)32-13-7-10-24(19,2)33-25/h3-11,16,18-20,28H,12-15H2,1-2H3/t16-,18+,19-,20?,24+,25+/m1/s1. The molecule has 1 N–H and O–H groups in total. The number of ether oxygens (including phenoxy) is 2. The number of cyclic esters (lactones) is 1. The summed E-state index contributed by atoms with van der Waals surface area (Å²) in [5.41, 5.74) is -1.45. The van der Waals surface area contributed by atoms with Crippen LogP contribution in [0.15, 0.2) is 54.6 Å². The van der Waals surface area contributed by atoms with Crippen molar-refractivity contribution in [1.29, 1.82) is 0 Å². The van der Waals surface area contributed by atoms with Gasteiger partial charge in [-0.05, 0) is 25.5 Å². The number of esters is 1. The van der Waals surface area contributed by atoms with E-state index in [2.05, 4.69) is 0 Å². The summed E-state index contributed by atoms with van der Waals surface area (Å²) in [4.78, 5) is 43.9. The number of likely N-dealkylation sites (tertiary alicyclic amines) is 1. The van der Waals surface area contributed by atoms with Gasteiger partial charge in [-0.2, -0.15) is 0 Å². The highest BCUT2D eigenvalue weighted by molar-refractivity contribution is 5.99. The van der Waals surface area contributed by atoms with Crippen molar-refractivity contribution in [1.82, 2.24) is 9.80 Å². The van der Waals surface area contributed by atoms with Gasteiger partial charge >= 0.3 is 5.97 Å².